The summed E-state index contributed by atoms with van der Waals surface area (Å²) in [6.45, 7) is 5.52. The van der Waals surface area contributed by atoms with Crippen molar-refractivity contribution in [2.45, 2.75) is 13.1 Å². The maximum Gasteiger partial charge on any atom is 0.328 e. The van der Waals surface area contributed by atoms with Crippen molar-refractivity contribution in [1.29, 1.82) is 0 Å². The molecule has 0 aliphatic carbocycles. The Morgan fingerprint density at radius 3 is 2.22 bits per heavy atom. The van der Waals surface area contributed by atoms with Crippen LogP contribution in [0.25, 0.3) is 22.3 Å². The van der Waals surface area contributed by atoms with Crippen LogP contribution in [0, 0.1) is 0 Å². The van der Waals surface area contributed by atoms with Gasteiger partial charge in [-0.1, -0.05) is 48.5 Å². The SMILES string of the molecule is COCCOc1nc(N)c2[nH]c(=O)n(Cc3ccc(-c4ccc(CN5CCOCC5)cc4)cc3)c2n1. The molecule has 3 N–H and O–H groups in total. The Morgan fingerprint density at radius 2 is 1.58 bits per heavy atom. The molecule has 10 nitrogen and oxygen atoms in total. The highest BCUT2D eigenvalue weighted by Crippen LogP contribution is 2.23. The molecule has 0 spiro atoms. The molecule has 5 rings (SSSR count). The molecule has 0 saturated carbocycles. The van der Waals surface area contributed by atoms with Gasteiger partial charge in [-0.2, -0.15) is 9.97 Å². The van der Waals surface area contributed by atoms with Crippen LogP contribution in [0.3, 0.4) is 0 Å². The van der Waals surface area contributed by atoms with Crippen LogP contribution >= 0.6 is 0 Å². The first-order chi connectivity index (χ1) is 17.6. The van der Waals surface area contributed by atoms with Crippen LogP contribution < -0.4 is 16.2 Å². The lowest BCUT2D eigenvalue weighted by molar-refractivity contribution is 0.0342. The van der Waals surface area contributed by atoms with Gasteiger partial charge in [0.05, 0.1) is 26.4 Å². The van der Waals surface area contributed by atoms with Crippen molar-refractivity contribution in [1.82, 2.24) is 24.4 Å². The Morgan fingerprint density at radius 1 is 0.944 bits per heavy atom. The van der Waals surface area contributed by atoms with Gasteiger partial charge in [0.2, 0.25) is 0 Å². The van der Waals surface area contributed by atoms with Gasteiger partial charge in [-0.25, -0.2) is 4.79 Å². The third-order valence-corrected chi connectivity index (χ3v) is 6.24. The minimum Gasteiger partial charge on any atom is -0.461 e. The monoisotopic (exact) mass is 490 g/mol. The van der Waals surface area contributed by atoms with Crippen LogP contribution in [-0.2, 0) is 22.6 Å². The number of hydrogen-bond acceptors (Lipinski definition) is 8. The molecular formula is C26H30N6O4. The Hall–Kier alpha value is -3.73. The molecule has 2 aromatic carbocycles. The normalized spacial score (nSPS) is 14.4. The van der Waals surface area contributed by atoms with Crippen molar-refractivity contribution < 1.29 is 14.2 Å². The van der Waals surface area contributed by atoms with Gasteiger partial charge in [0.15, 0.2) is 11.5 Å². The van der Waals surface area contributed by atoms with E-state index in [0.717, 1.165) is 49.5 Å². The molecule has 0 radical (unpaired) electrons. The Kier molecular flexibility index (Phi) is 7.26. The first-order valence-electron chi connectivity index (χ1n) is 12.0. The lowest BCUT2D eigenvalue weighted by Gasteiger charge is -2.26. The van der Waals surface area contributed by atoms with Crippen LogP contribution in [-0.4, -0.2) is 71.0 Å². The van der Waals surface area contributed by atoms with E-state index in [0.29, 0.717) is 24.3 Å². The largest absolute Gasteiger partial charge is 0.461 e. The Labute approximate surface area is 208 Å². The van der Waals surface area contributed by atoms with E-state index in [2.05, 4.69) is 56.3 Å². The summed E-state index contributed by atoms with van der Waals surface area (Å²) in [5.41, 5.74) is 11.0. The number of methoxy groups -OCH3 is 1. The number of nitrogen functional groups attached to an aromatic ring is 1. The van der Waals surface area contributed by atoms with Gasteiger partial charge < -0.3 is 24.9 Å². The number of imidazole rings is 1. The third-order valence-electron chi connectivity index (χ3n) is 6.24. The van der Waals surface area contributed by atoms with E-state index in [-0.39, 0.29) is 24.1 Å². The van der Waals surface area contributed by atoms with Crippen molar-refractivity contribution in [3.63, 3.8) is 0 Å². The highest BCUT2D eigenvalue weighted by atomic mass is 16.5. The number of H-pyrrole nitrogens is 1. The third kappa shape index (κ3) is 5.40. The van der Waals surface area contributed by atoms with Crippen LogP contribution in [0.15, 0.2) is 53.3 Å². The van der Waals surface area contributed by atoms with Gasteiger partial charge in [0.25, 0.3) is 0 Å². The molecule has 1 saturated heterocycles. The van der Waals surface area contributed by atoms with E-state index in [4.69, 9.17) is 19.9 Å². The van der Waals surface area contributed by atoms with Gasteiger partial charge in [-0.3, -0.25) is 9.47 Å². The number of ether oxygens (including phenoxy) is 3. The predicted molar refractivity (Wildman–Crippen MR) is 137 cm³/mol. The Balaban J connectivity index is 1.30. The van der Waals surface area contributed by atoms with E-state index in [1.807, 2.05) is 12.1 Å². The number of hydrogen-bond donors (Lipinski definition) is 2. The smallest absolute Gasteiger partial charge is 0.328 e. The lowest BCUT2D eigenvalue weighted by atomic mass is 10.0. The van der Waals surface area contributed by atoms with Crippen LogP contribution in [0.4, 0.5) is 5.82 Å². The van der Waals surface area contributed by atoms with E-state index in [1.165, 1.54) is 10.1 Å². The Bertz CT molecular complexity index is 1360. The molecule has 1 aliphatic rings. The summed E-state index contributed by atoms with van der Waals surface area (Å²) < 4.78 is 17.5. The standard InChI is InChI=1S/C26H30N6O4/c1-34-14-15-36-25-29-23(27)22-24(30-25)32(26(33)28-22)17-19-4-8-21(9-5-19)20-6-2-18(3-7-20)16-31-10-12-35-13-11-31/h2-9H,10-17H2,1H3,(H,28,33)(H2,27,29,30). The molecule has 0 bridgehead atoms. The van der Waals surface area contributed by atoms with Crippen molar-refractivity contribution in [3.05, 3.63) is 70.1 Å². The number of aromatic nitrogens is 4. The molecule has 1 fully saturated rings. The summed E-state index contributed by atoms with van der Waals surface area (Å²) in [4.78, 5) is 26.3. The highest BCUT2D eigenvalue weighted by molar-refractivity contribution is 5.82. The molecule has 188 valence electrons. The summed E-state index contributed by atoms with van der Waals surface area (Å²) in [6.07, 6.45) is 0. The molecule has 0 amide bonds. The fraction of sp³-hybridized carbons (Fsp3) is 0.346. The summed E-state index contributed by atoms with van der Waals surface area (Å²) in [5.74, 6) is 0.163. The maximum absolute atomic E-state index is 12.6. The van der Waals surface area contributed by atoms with Gasteiger partial charge in [0, 0.05) is 26.7 Å². The van der Waals surface area contributed by atoms with Gasteiger partial charge in [0.1, 0.15) is 12.1 Å². The number of fused-ring (bicyclic) bond motifs is 1. The second-order valence-corrected chi connectivity index (χ2v) is 8.73. The first-order valence-corrected chi connectivity index (χ1v) is 12.0. The van der Waals surface area contributed by atoms with E-state index >= 15 is 0 Å². The number of anilines is 1. The summed E-state index contributed by atoms with van der Waals surface area (Å²) >= 11 is 0. The molecule has 36 heavy (non-hydrogen) atoms. The van der Waals surface area contributed by atoms with E-state index in [9.17, 15) is 4.79 Å². The van der Waals surface area contributed by atoms with E-state index < -0.39 is 0 Å². The molecular weight excluding hydrogens is 460 g/mol. The van der Waals surface area contributed by atoms with Gasteiger partial charge >= 0.3 is 11.7 Å². The predicted octanol–water partition coefficient (Wildman–Crippen LogP) is 2.27. The average Bonchev–Trinajstić information content (AvgIpc) is 3.21. The number of aromatic amines is 1. The number of benzene rings is 2. The van der Waals surface area contributed by atoms with Crippen molar-refractivity contribution in [3.8, 4) is 17.1 Å². The zero-order valence-corrected chi connectivity index (χ0v) is 20.3. The minimum atomic E-state index is -0.306. The quantitative estimate of drug-likeness (QED) is 0.343. The second-order valence-electron chi connectivity index (χ2n) is 8.73. The topological polar surface area (TPSA) is 121 Å². The summed E-state index contributed by atoms with van der Waals surface area (Å²) in [5, 5.41) is 0. The minimum absolute atomic E-state index is 0.109. The zero-order valence-electron chi connectivity index (χ0n) is 20.3. The van der Waals surface area contributed by atoms with Crippen molar-refractivity contribution in [2.24, 2.45) is 0 Å². The molecule has 2 aromatic heterocycles. The molecule has 0 unspecified atom stereocenters. The fourth-order valence-corrected chi connectivity index (χ4v) is 4.26. The molecule has 3 heterocycles. The molecule has 1 aliphatic heterocycles. The first kappa shape index (κ1) is 24.0. The second kappa shape index (κ2) is 10.9. The van der Waals surface area contributed by atoms with Gasteiger partial charge in [-0.15, -0.1) is 0 Å². The zero-order chi connectivity index (χ0) is 24.9. The fourth-order valence-electron chi connectivity index (χ4n) is 4.26. The maximum atomic E-state index is 12.6. The van der Waals surface area contributed by atoms with Crippen LogP contribution in [0.1, 0.15) is 11.1 Å². The van der Waals surface area contributed by atoms with Gasteiger partial charge in [-0.05, 0) is 22.3 Å². The lowest BCUT2D eigenvalue weighted by Crippen LogP contribution is -2.35. The molecule has 10 heteroatoms. The van der Waals surface area contributed by atoms with Crippen LogP contribution in [0.5, 0.6) is 6.01 Å². The van der Waals surface area contributed by atoms with E-state index in [1.54, 1.807) is 7.11 Å². The average molecular weight is 491 g/mol. The molecule has 4 aromatic rings. The van der Waals surface area contributed by atoms with Crippen molar-refractivity contribution >= 4 is 17.0 Å². The highest BCUT2D eigenvalue weighted by Gasteiger charge is 2.15. The molecule has 0 atom stereocenters. The summed E-state index contributed by atoms with van der Waals surface area (Å²) in [6, 6.07) is 16.9. The number of rotatable bonds is 9. The number of nitrogens with one attached hydrogen (secondary N) is 1. The van der Waals surface area contributed by atoms with Crippen LogP contribution in [0.2, 0.25) is 0 Å². The number of morpholine rings is 1. The number of nitrogens with two attached hydrogens (primary N) is 1. The summed E-state index contributed by atoms with van der Waals surface area (Å²) in [7, 11) is 1.58. The number of nitrogens with zero attached hydrogens (tertiary/aromatic N) is 4. The van der Waals surface area contributed by atoms with Crippen molar-refractivity contribution in [2.75, 3.05) is 52.4 Å².